The van der Waals surface area contributed by atoms with Crippen molar-refractivity contribution in [1.29, 1.82) is 0 Å². The molecule has 0 radical (unpaired) electrons. The summed E-state index contributed by atoms with van der Waals surface area (Å²) in [5, 5.41) is 6.01. The average molecular weight is 344 g/mol. The van der Waals surface area contributed by atoms with Gasteiger partial charge in [0.2, 0.25) is 5.91 Å². The summed E-state index contributed by atoms with van der Waals surface area (Å²) < 4.78 is 19.1. The van der Waals surface area contributed by atoms with Crippen LogP contribution in [0.1, 0.15) is 25.8 Å². The number of nitrogens with one attached hydrogen (secondary N) is 2. The zero-order valence-electron chi connectivity index (χ0n) is 14.7. The average Bonchev–Trinajstić information content (AvgIpc) is 2.58. The standard InChI is InChI=1S/C20H25FN2O2/c1-15(2)25-18-9-7-17(8-10-18)22-14-12-20(24)23-13-11-16-5-3-4-6-19(16)21/h3-10,15,22H,11-14H2,1-2H3,(H,23,24). The summed E-state index contributed by atoms with van der Waals surface area (Å²) in [7, 11) is 0. The molecule has 2 rings (SSSR count). The fourth-order valence-electron chi connectivity index (χ4n) is 2.37. The lowest BCUT2D eigenvalue weighted by Gasteiger charge is -2.11. The van der Waals surface area contributed by atoms with E-state index in [9.17, 15) is 9.18 Å². The topological polar surface area (TPSA) is 50.4 Å². The molecule has 0 bridgehead atoms. The van der Waals surface area contributed by atoms with Crippen LogP contribution in [0.5, 0.6) is 5.75 Å². The van der Waals surface area contributed by atoms with Crippen molar-refractivity contribution in [2.75, 3.05) is 18.4 Å². The van der Waals surface area contributed by atoms with Crippen molar-refractivity contribution in [3.8, 4) is 5.75 Å². The molecule has 4 nitrogen and oxygen atoms in total. The molecule has 1 amide bonds. The Bertz CT molecular complexity index is 672. The van der Waals surface area contributed by atoms with Gasteiger partial charge in [0.15, 0.2) is 0 Å². The first kappa shape index (κ1) is 18.8. The summed E-state index contributed by atoms with van der Waals surface area (Å²) in [6.45, 7) is 4.94. The van der Waals surface area contributed by atoms with E-state index in [0.29, 0.717) is 31.5 Å². The quantitative estimate of drug-likeness (QED) is 0.728. The minimum absolute atomic E-state index is 0.0522. The highest BCUT2D eigenvalue weighted by Crippen LogP contribution is 2.16. The summed E-state index contributed by atoms with van der Waals surface area (Å²) in [5.74, 6) is 0.540. The van der Waals surface area contributed by atoms with E-state index >= 15 is 0 Å². The molecule has 0 fully saturated rings. The van der Waals surface area contributed by atoms with E-state index in [2.05, 4.69) is 10.6 Å². The molecule has 0 aromatic heterocycles. The zero-order valence-corrected chi connectivity index (χ0v) is 14.7. The van der Waals surface area contributed by atoms with Crippen LogP contribution < -0.4 is 15.4 Å². The van der Waals surface area contributed by atoms with E-state index in [1.807, 2.05) is 38.1 Å². The van der Waals surface area contributed by atoms with Gasteiger partial charge in [0.25, 0.3) is 0 Å². The Morgan fingerprint density at radius 1 is 1.08 bits per heavy atom. The van der Waals surface area contributed by atoms with E-state index in [1.54, 1.807) is 18.2 Å². The molecule has 0 saturated heterocycles. The first-order valence-corrected chi connectivity index (χ1v) is 8.55. The second-order valence-electron chi connectivity index (χ2n) is 6.06. The highest BCUT2D eigenvalue weighted by Gasteiger charge is 2.04. The van der Waals surface area contributed by atoms with E-state index in [1.165, 1.54) is 6.07 Å². The molecular weight excluding hydrogens is 319 g/mol. The fraction of sp³-hybridized carbons (Fsp3) is 0.350. The molecule has 0 atom stereocenters. The Labute approximate surface area is 148 Å². The Morgan fingerprint density at radius 2 is 1.80 bits per heavy atom. The van der Waals surface area contributed by atoms with Crippen LogP contribution in [0.15, 0.2) is 48.5 Å². The molecule has 2 N–H and O–H groups in total. The summed E-state index contributed by atoms with van der Waals surface area (Å²) in [5.41, 5.74) is 1.56. The number of rotatable bonds is 9. The molecule has 0 unspecified atom stereocenters. The van der Waals surface area contributed by atoms with E-state index in [-0.39, 0.29) is 17.8 Å². The number of hydrogen-bond acceptors (Lipinski definition) is 3. The molecule has 2 aromatic rings. The Morgan fingerprint density at radius 3 is 2.48 bits per heavy atom. The second-order valence-corrected chi connectivity index (χ2v) is 6.06. The number of carbonyl (C=O) groups is 1. The fourth-order valence-corrected chi connectivity index (χ4v) is 2.37. The number of amides is 1. The molecule has 2 aromatic carbocycles. The van der Waals surface area contributed by atoms with E-state index in [4.69, 9.17) is 4.74 Å². The van der Waals surface area contributed by atoms with Gasteiger partial charge in [-0.15, -0.1) is 0 Å². The SMILES string of the molecule is CC(C)Oc1ccc(NCCC(=O)NCCc2ccccc2F)cc1. The molecule has 0 spiro atoms. The van der Waals surface area contributed by atoms with Gasteiger partial charge in [0.1, 0.15) is 11.6 Å². The minimum Gasteiger partial charge on any atom is -0.491 e. The lowest BCUT2D eigenvalue weighted by Crippen LogP contribution is -2.27. The monoisotopic (exact) mass is 344 g/mol. The highest BCUT2D eigenvalue weighted by molar-refractivity contribution is 5.76. The van der Waals surface area contributed by atoms with Gasteiger partial charge in [-0.2, -0.15) is 0 Å². The molecule has 0 aliphatic heterocycles. The third-order valence-electron chi connectivity index (χ3n) is 3.58. The van der Waals surface area contributed by atoms with Gasteiger partial charge >= 0.3 is 0 Å². The molecule has 25 heavy (non-hydrogen) atoms. The van der Waals surface area contributed by atoms with Gasteiger partial charge in [-0.25, -0.2) is 4.39 Å². The van der Waals surface area contributed by atoms with Crippen molar-refractivity contribution in [1.82, 2.24) is 5.32 Å². The van der Waals surface area contributed by atoms with Gasteiger partial charge in [0.05, 0.1) is 6.10 Å². The third-order valence-corrected chi connectivity index (χ3v) is 3.58. The van der Waals surface area contributed by atoms with Gasteiger partial charge < -0.3 is 15.4 Å². The predicted octanol–water partition coefficient (Wildman–Crippen LogP) is 3.77. The first-order chi connectivity index (χ1) is 12.0. The second kappa shape index (κ2) is 9.67. The zero-order chi connectivity index (χ0) is 18.1. The third kappa shape index (κ3) is 6.83. The van der Waals surface area contributed by atoms with Crippen molar-refractivity contribution in [2.45, 2.75) is 32.8 Å². The Kier molecular flexibility index (Phi) is 7.26. The van der Waals surface area contributed by atoms with Crippen LogP contribution in [0.2, 0.25) is 0 Å². The normalized spacial score (nSPS) is 10.6. The van der Waals surface area contributed by atoms with Gasteiger partial charge in [-0.05, 0) is 56.2 Å². The molecule has 0 saturated carbocycles. The van der Waals surface area contributed by atoms with Crippen molar-refractivity contribution in [3.63, 3.8) is 0 Å². The first-order valence-electron chi connectivity index (χ1n) is 8.55. The van der Waals surface area contributed by atoms with E-state index in [0.717, 1.165) is 11.4 Å². The van der Waals surface area contributed by atoms with E-state index < -0.39 is 0 Å². The highest BCUT2D eigenvalue weighted by atomic mass is 19.1. The molecule has 134 valence electrons. The maximum atomic E-state index is 13.5. The lowest BCUT2D eigenvalue weighted by atomic mass is 10.1. The van der Waals surface area contributed by atoms with Crippen LogP contribution >= 0.6 is 0 Å². The van der Waals surface area contributed by atoms with Crippen LogP contribution in [0.3, 0.4) is 0 Å². The van der Waals surface area contributed by atoms with Gasteiger partial charge in [-0.1, -0.05) is 18.2 Å². The number of carbonyl (C=O) groups excluding carboxylic acids is 1. The molecule has 5 heteroatoms. The number of benzene rings is 2. The summed E-state index contributed by atoms with van der Waals surface area (Å²) in [6, 6.07) is 14.3. The number of hydrogen-bond donors (Lipinski definition) is 2. The smallest absolute Gasteiger partial charge is 0.221 e. The summed E-state index contributed by atoms with van der Waals surface area (Å²) in [4.78, 5) is 11.8. The molecule has 0 aliphatic carbocycles. The van der Waals surface area contributed by atoms with Crippen LogP contribution in [-0.4, -0.2) is 25.1 Å². The van der Waals surface area contributed by atoms with Crippen molar-refractivity contribution in [3.05, 3.63) is 59.9 Å². The maximum Gasteiger partial charge on any atom is 0.221 e. The Balaban J connectivity index is 1.64. The predicted molar refractivity (Wildman–Crippen MR) is 98.4 cm³/mol. The Hall–Kier alpha value is -2.56. The molecule has 0 heterocycles. The van der Waals surface area contributed by atoms with Crippen molar-refractivity contribution >= 4 is 11.6 Å². The van der Waals surface area contributed by atoms with Crippen LogP contribution in [0.4, 0.5) is 10.1 Å². The van der Waals surface area contributed by atoms with Crippen LogP contribution in [-0.2, 0) is 11.2 Å². The summed E-state index contributed by atoms with van der Waals surface area (Å²) >= 11 is 0. The molecular formula is C20H25FN2O2. The van der Waals surface area contributed by atoms with Crippen LogP contribution in [0.25, 0.3) is 0 Å². The van der Waals surface area contributed by atoms with Crippen molar-refractivity contribution < 1.29 is 13.9 Å². The molecule has 0 aliphatic rings. The lowest BCUT2D eigenvalue weighted by molar-refractivity contribution is -0.120. The number of anilines is 1. The van der Waals surface area contributed by atoms with Gasteiger partial charge in [0, 0.05) is 25.2 Å². The van der Waals surface area contributed by atoms with Crippen LogP contribution in [0, 0.1) is 5.82 Å². The summed E-state index contributed by atoms with van der Waals surface area (Å²) in [6.07, 6.45) is 0.997. The largest absolute Gasteiger partial charge is 0.491 e. The number of halogens is 1. The minimum atomic E-state index is -0.233. The number of ether oxygens (including phenoxy) is 1. The van der Waals surface area contributed by atoms with Crippen molar-refractivity contribution in [2.24, 2.45) is 0 Å². The maximum absolute atomic E-state index is 13.5. The van der Waals surface area contributed by atoms with Gasteiger partial charge in [-0.3, -0.25) is 4.79 Å².